The van der Waals surface area contributed by atoms with E-state index in [-0.39, 0.29) is 0 Å². The maximum absolute atomic E-state index is 9.53. The molecule has 0 aromatic heterocycles. The zero-order chi connectivity index (χ0) is 3.58. The maximum atomic E-state index is 9.53. The molecular formula is C2H3KO. The molecule has 0 saturated carbocycles. The molecule has 0 aliphatic carbocycles. The van der Waals surface area contributed by atoms with Crippen molar-refractivity contribution in [1.29, 1.82) is 0 Å². The predicted molar refractivity (Wildman–Crippen MR) is 16.4 cm³/mol. The van der Waals surface area contributed by atoms with Gasteiger partial charge in [0, 0.05) is 0 Å². The van der Waals surface area contributed by atoms with Crippen molar-refractivity contribution >= 4 is 48.8 Å². The molecule has 2 heteroatoms. The van der Waals surface area contributed by atoms with E-state index < -0.39 is 0 Å². The Morgan fingerprint density at radius 1 is 2.00 bits per heavy atom. The van der Waals surface area contributed by atoms with E-state index in [1.54, 1.807) is 6.92 Å². The monoisotopic (exact) mass is 82.0 g/mol. The Hall–Kier alpha value is 1.31. The standard InChI is InChI=1S/C2H3O.K/c1-2-3;/h1H3;. The SMILES string of the molecule is C[C](=O)[K]. The second-order valence-corrected chi connectivity index (χ2v) is 3.11. The van der Waals surface area contributed by atoms with Crippen LogP contribution in [0.1, 0.15) is 6.92 Å². The fourth-order valence-electron chi connectivity index (χ4n) is 0. The first-order valence-corrected chi connectivity index (χ1v) is 2.77. The molecule has 0 saturated heterocycles. The third-order valence-electron chi connectivity index (χ3n) is 0. The Bertz CT molecular complexity index is 29.0. The summed E-state index contributed by atoms with van der Waals surface area (Å²) in [5, 5.41) is 0. The van der Waals surface area contributed by atoms with Crippen LogP contribution in [0.5, 0.6) is 0 Å². The fraction of sp³-hybridized carbons (Fsp3) is 0.500. The fourth-order valence-corrected chi connectivity index (χ4v) is 0. The van der Waals surface area contributed by atoms with Crippen LogP contribution >= 0.6 is 0 Å². The Morgan fingerprint density at radius 2 is 2.00 bits per heavy atom. The molecular weight excluding hydrogens is 79.1 g/mol. The van der Waals surface area contributed by atoms with E-state index in [0.717, 1.165) is 0 Å². The molecule has 0 bridgehead atoms. The summed E-state index contributed by atoms with van der Waals surface area (Å²) in [6.45, 7) is 1.61. The van der Waals surface area contributed by atoms with Crippen molar-refractivity contribution in [3.8, 4) is 0 Å². The van der Waals surface area contributed by atoms with Crippen LogP contribution in [0.3, 0.4) is 0 Å². The van der Waals surface area contributed by atoms with Crippen molar-refractivity contribution in [3.05, 3.63) is 0 Å². The van der Waals surface area contributed by atoms with Gasteiger partial charge >= 0.3 is 60.5 Å². The Balaban J connectivity index is 2.80. The van der Waals surface area contributed by atoms with Crippen molar-refractivity contribution < 1.29 is 4.79 Å². The number of hydrogen-bond donors (Lipinski definition) is 0. The van der Waals surface area contributed by atoms with Crippen molar-refractivity contribution in [1.82, 2.24) is 0 Å². The molecule has 0 radical (unpaired) electrons. The summed E-state index contributed by atoms with van der Waals surface area (Å²) >= 11 is 0.424. The zero-order valence-electron chi connectivity index (χ0n) is 2.91. The van der Waals surface area contributed by atoms with E-state index in [1.807, 2.05) is 0 Å². The van der Waals surface area contributed by atoms with E-state index >= 15 is 0 Å². The first-order valence-electron chi connectivity index (χ1n) is 1.20. The molecule has 0 amide bonds. The normalized spacial score (nSPS) is 6.75. The van der Waals surface area contributed by atoms with Crippen LogP contribution in [0.15, 0.2) is 0 Å². The van der Waals surface area contributed by atoms with Crippen LogP contribution in [0, 0.1) is 0 Å². The summed E-state index contributed by atoms with van der Waals surface area (Å²) in [6, 6.07) is 0. The van der Waals surface area contributed by atoms with Crippen LogP contribution in [0.2, 0.25) is 0 Å². The molecule has 0 rings (SSSR count). The Kier molecular flexibility index (Phi) is 3.37. The van der Waals surface area contributed by atoms with Gasteiger partial charge in [-0.2, -0.15) is 0 Å². The Labute approximate surface area is 59.3 Å². The van der Waals surface area contributed by atoms with E-state index in [0.29, 0.717) is 48.8 Å². The van der Waals surface area contributed by atoms with Crippen LogP contribution in [-0.2, 0) is 4.79 Å². The van der Waals surface area contributed by atoms with Gasteiger partial charge in [0.2, 0.25) is 0 Å². The predicted octanol–water partition coefficient (Wildman–Crippen LogP) is -0.299. The van der Waals surface area contributed by atoms with Gasteiger partial charge in [-0.3, -0.25) is 0 Å². The summed E-state index contributed by atoms with van der Waals surface area (Å²) in [5.74, 6) is 0. The average Bonchev–Trinajstić information content (AvgIpc) is 0.811. The topological polar surface area (TPSA) is 17.1 Å². The van der Waals surface area contributed by atoms with Gasteiger partial charge in [0.15, 0.2) is 0 Å². The molecule has 0 aliphatic rings. The van der Waals surface area contributed by atoms with Gasteiger partial charge in [0.25, 0.3) is 0 Å². The number of hydrogen-bond acceptors (Lipinski definition) is 1. The number of rotatable bonds is 0. The third kappa shape index (κ3) is 10.3. The second-order valence-electron chi connectivity index (χ2n) is 0.908. The molecule has 4 heavy (non-hydrogen) atoms. The van der Waals surface area contributed by atoms with Crippen LogP contribution in [-0.4, -0.2) is 48.8 Å². The quantitative estimate of drug-likeness (QED) is 0.367. The average molecular weight is 82.1 g/mol. The van der Waals surface area contributed by atoms with Gasteiger partial charge in [-0.05, 0) is 0 Å². The summed E-state index contributed by atoms with van der Waals surface area (Å²) in [5.41, 5.74) is 0. The second kappa shape index (κ2) is 2.54. The van der Waals surface area contributed by atoms with E-state index in [9.17, 15) is 4.79 Å². The van der Waals surface area contributed by atoms with Gasteiger partial charge in [-0.15, -0.1) is 0 Å². The van der Waals surface area contributed by atoms with E-state index in [2.05, 4.69) is 0 Å². The molecule has 0 heterocycles. The molecule has 0 aliphatic heterocycles. The molecule has 1 nitrogen and oxygen atoms in total. The molecule has 0 atom stereocenters. The van der Waals surface area contributed by atoms with Gasteiger partial charge in [0.05, 0.1) is 0 Å². The van der Waals surface area contributed by atoms with Crippen LogP contribution < -0.4 is 0 Å². The molecule has 0 aromatic rings. The molecule has 0 spiro atoms. The molecule has 0 aromatic carbocycles. The van der Waals surface area contributed by atoms with Gasteiger partial charge in [0.1, 0.15) is 0 Å². The summed E-state index contributed by atoms with van der Waals surface area (Å²) in [4.78, 5) is 9.53. The first kappa shape index (κ1) is 5.31. The van der Waals surface area contributed by atoms with E-state index in [1.165, 1.54) is 0 Å². The van der Waals surface area contributed by atoms with Gasteiger partial charge in [-0.25, -0.2) is 0 Å². The number of carbonyl (C=O) groups is 1. The van der Waals surface area contributed by atoms with Crippen molar-refractivity contribution in [3.63, 3.8) is 0 Å². The summed E-state index contributed by atoms with van der Waals surface area (Å²) < 4.78 is 0.354. The van der Waals surface area contributed by atoms with E-state index in [4.69, 9.17) is 0 Å². The van der Waals surface area contributed by atoms with Gasteiger partial charge < -0.3 is 0 Å². The van der Waals surface area contributed by atoms with Crippen molar-refractivity contribution in [2.45, 2.75) is 6.92 Å². The number of carbonyl (C=O) groups excluding carboxylic acids is 1. The Morgan fingerprint density at radius 3 is 2.00 bits per heavy atom. The van der Waals surface area contributed by atoms with Crippen molar-refractivity contribution in [2.75, 3.05) is 0 Å². The third-order valence-corrected chi connectivity index (χ3v) is 0. The minimum absolute atomic E-state index is 0.354. The summed E-state index contributed by atoms with van der Waals surface area (Å²) in [7, 11) is 0. The van der Waals surface area contributed by atoms with Gasteiger partial charge in [-0.1, -0.05) is 0 Å². The van der Waals surface area contributed by atoms with Crippen LogP contribution in [0.4, 0.5) is 0 Å². The van der Waals surface area contributed by atoms with Crippen LogP contribution in [0.25, 0.3) is 0 Å². The molecule has 0 fully saturated rings. The van der Waals surface area contributed by atoms with Crippen molar-refractivity contribution in [2.24, 2.45) is 0 Å². The zero-order valence-corrected chi connectivity index (χ0v) is 6.03. The first-order chi connectivity index (χ1) is 1.73. The molecule has 0 unspecified atom stereocenters. The molecule has 0 N–H and O–H groups in total. The molecule has 18 valence electrons. The minimum atomic E-state index is 0.354. The summed E-state index contributed by atoms with van der Waals surface area (Å²) in [6.07, 6.45) is 0.